The zero-order valence-electron chi connectivity index (χ0n) is 13.2. The van der Waals surface area contributed by atoms with Crippen LogP contribution in [0, 0.1) is 5.92 Å². The minimum Gasteiger partial charge on any atom is -0.352 e. The fourth-order valence-electron chi connectivity index (χ4n) is 2.41. The fourth-order valence-corrected chi connectivity index (χ4v) is 2.62. The molecule has 4 nitrogen and oxygen atoms in total. The molecule has 0 spiro atoms. The molecule has 1 aliphatic rings. The lowest BCUT2D eigenvalue weighted by atomic mass is 10.1. The topological polar surface area (TPSA) is 58.2 Å². The van der Waals surface area contributed by atoms with Crippen molar-refractivity contribution in [2.75, 3.05) is 11.9 Å². The number of hydrogen-bond donors (Lipinski definition) is 2. The maximum Gasteiger partial charge on any atom is 0.251 e. The molecule has 3 rings (SSSR count). The zero-order valence-corrected chi connectivity index (χ0v) is 14.0. The minimum absolute atomic E-state index is 0.0636. The summed E-state index contributed by atoms with van der Waals surface area (Å²) in [5.41, 5.74) is 2.38. The first-order chi connectivity index (χ1) is 11.6. The molecule has 0 radical (unpaired) electrons. The highest BCUT2D eigenvalue weighted by molar-refractivity contribution is 6.30. The van der Waals surface area contributed by atoms with Gasteiger partial charge in [0.05, 0.1) is 0 Å². The molecule has 0 bridgehead atoms. The number of halogens is 1. The molecule has 5 heteroatoms. The van der Waals surface area contributed by atoms with Crippen LogP contribution in [0.1, 0.15) is 28.8 Å². The molecule has 0 atom stereocenters. The van der Waals surface area contributed by atoms with Crippen LogP contribution in [0.3, 0.4) is 0 Å². The van der Waals surface area contributed by atoms with Crippen molar-refractivity contribution in [3.8, 4) is 0 Å². The van der Waals surface area contributed by atoms with Crippen LogP contribution >= 0.6 is 11.6 Å². The SMILES string of the molecule is O=C(NCCc1cccc(Cl)c1)c1ccc(NC(=O)C2CC2)cc1. The molecule has 124 valence electrons. The highest BCUT2D eigenvalue weighted by atomic mass is 35.5. The van der Waals surface area contributed by atoms with Gasteiger partial charge in [0.15, 0.2) is 0 Å². The van der Waals surface area contributed by atoms with Gasteiger partial charge >= 0.3 is 0 Å². The second-order valence-corrected chi connectivity index (χ2v) is 6.41. The van der Waals surface area contributed by atoms with Crippen molar-refractivity contribution in [3.05, 3.63) is 64.7 Å². The Morgan fingerprint density at radius 3 is 2.50 bits per heavy atom. The molecule has 0 aromatic heterocycles. The minimum atomic E-state index is -0.128. The predicted molar refractivity (Wildman–Crippen MR) is 95.3 cm³/mol. The van der Waals surface area contributed by atoms with Crippen molar-refractivity contribution in [1.82, 2.24) is 5.32 Å². The van der Waals surface area contributed by atoms with Gasteiger partial charge in [0.1, 0.15) is 0 Å². The Bertz CT molecular complexity index is 739. The Hall–Kier alpha value is -2.33. The number of nitrogens with one attached hydrogen (secondary N) is 2. The third-order valence-corrected chi connectivity index (χ3v) is 4.19. The number of hydrogen-bond acceptors (Lipinski definition) is 2. The number of rotatable bonds is 6. The number of carbonyl (C=O) groups excluding carboxylic acids is 2. The van der Waals surface area contributed by atoms with Gasteiger partial charge in [-0.1, -0.05) is 23.7 Å². The van der Waals surface area contributed by atoms with Crippen LogP contribution < -0.4 is 10.6 Å². The Labute approximate surface area is 146 Å². The highest BCUT2D eigenvalue weighted by Gasteiger charge is 2.29. The van der Waals surface area contributed by atoms with Gasteiger partial charge in [0.2, 0.25) is 5.91 Å². The first kappa shape index (κ1) is 16.5. The summed E-state index contributed by atoms with van der Waals surface area (Å²) in [5.74, 6) is 0.102. The molecule has 1 fully saturated rings. The lowest BCUT2D eigenvalue weighted by molar-refractivity contribution is -0.117. The van der Waals surface area contributed by atoms with Crippen molar-refractivity contribution in [1.29, 1.82) is 0 Å². The Balaban J connectivity index is 1.48. The van der Waals surface area contributed by atoms with Crippen LogP contribution in [0.4, 0.5) is 5.69 Å². The second kappa shape index (κ2) is 7.49. The molecule has 2 aromatic carbocycles. The van der Waals surface area contributed by atoms with Crippen molar-refractivity contribution in [2.45, 2.75) is 19.3 Å². The summed E-state index contributed by atoms with van der Waals surface area (Å²) in [7, 11) is 0. The standard InChI is InChI=1S/C19H19ClN2O2/c20-16-3-1-2-13(12-16)10-11-21-18(23)14-6-8-17(9-7-14)22-19(24)15-4-5-15/h1-3,6-9,12,15H,4-5,10-11H2,(H,21,23)(H,22,24). The van der Waals surface area contributed by atoms with Gasteiger partial charge in [-0.15, -0.1) is 0 Å². The highest BCUT2D eigenvalue weighted by Crippen LogP contribution is 2.30. The van der Waals surface area contributed by atoms with Crippen LogP contribution in [0.25, 0.3) is 0 Å². The normalized spacial score (nSPS) is 13.4. The molecular weight excluding hydrogens is 324 g/mol. The third kappa shape index (κ3) is 4.59. The summed E-state index contributed by atoms with van der Waals surface area (Å²) in [6.45, 7) is 0.541. The number of anilines is 1. The van der Waals surface area contributed by atoms with Gasteiger partial charge < -0.3 is 10.6 Å². The molecular formula is C19H19ClN2O2. The molecule has 0 unspecified atom stereocenters. The lowest BCUT2D eigenvalue weighted by Gasteiger charge is -2.07. The van der Waals surface area contributed by atoms with E-state index in [4.69, 9.17) is 11.6 Å². The van der Waals surface area contributed by atoms with Crippen molar-refractivity contribution < 1.29 is 9.59 Å². The second-order valence-electron chi connectivity index (χ2n) is 5.98. The van der Waals surface area contributed by atoms with Crippen LogP contribution in [0.5, 0.6) is 0 Å². The summed E-state index contributed by atoms with van der Waals surface area (Å²) in [6.07, 6.45) is 2.67. The molecule has 2 N–H and O–H groups in total. The van der Waals surface area contributed by atoms with Crippen molar-refractivity contribution in [3.63, 3.8) is 0 Å². The lowest BCUT2D eigenvalue weighted by Crippen LogP contribution is -2.25. The van der Waals surface area contributed by atoms with Crippen LogP contribution in [0.2, 0.25) is 5.02 Å². The molecule has 0 heterocycles. The van der Waals surface area contributed by atoms with Gasteiger partial charge in [0, 0.05) is 28.7 Å². The van der Waals surface area contributed by atoms with E-state index in [0.29, 0.717) is 17.1 Å². The van der Waals surface area contributed by atoms with E-state index < -0.39 is 0 Å². The van der Waals surface area contributed by atoms with E-state index in [-0.39, 0.29) is 17.7 Å². The molecule has 24 heavy (non-hydrogen) atoms. The quantitative estimate of drug-likeness (QED) is 0.841. The van der Waals surface area contributed by atoms with Gasteiger partial charge in [-0.3, -0.25) is 9.59 Å². The maximum atomic E-state index is 12.1. The van der Waals surface area contributed by atoms with Crippen LogP contribution in [0.15, 0.2) is 48.5 Å². The average molecular weight is 343 g/mol. The zero-order chi connectivity index (χ0) is 16.9. The van der Waals surface area contributed by atoms with Crippen LogP contribution in [-0.4, -0.2) is 18.4 Å². The van der Waals surface area contributed by atoms with E-state index in [1.807, 2.05) is 24.3 Å². The molecule has 1 saturated carbocycles. The maximum absolute atomic E-state index is 12.1. The molecule has 0 aliphatic heterocycles. The first-order valence-corrected chi connectivity index (χ1v) is 8.43. The molecule has 0 saturated heterocycles. The molecule has 2 aromatic rings. The first-order valence-electron chi connectivity index (χ1n) is 8.05. The number of carbonyl (C=O) groups is 2. The van der Waals surface area contributed by atoms with E-state index in [1.54, 1.807) is 24.3 Å². The van der Waals surface area contributed by atoms with Crippen molar-refractivity contribution >= 4 is 29.1 Å². The van der Waals surface area contributed by atoms with E-state index in [1.165, 1.54) is 0 Å². The van der Waals surface area contributed by atoms with E-state index in [0.717, 1.165) is 30.5 Å². The number of benzene rings is 2. The van der Waals surface area contributed by atoms with Gasteiger partial charge in [0.25, 0.3) is 5.91 Å². The fraction of sp³-hybridized carbons (Fsp3) is 0.263. The van der Waals surface area contributed by atoms with Gasteiger partial charge in [-0.05, 0) is 61.2 Å². The average Bonchev–Trinajstić information content (AvgIpc) is 3.40. The monoisotopic (exact) mass is 342 g/mol. The Morgan fingerprint density at radius 2 is 1.83 bits per heavy atom. The van der Waals surface area contributed by atoms with Gasteiger partial charge in [-0.2, -0.15) is 0 Å². The Morgan fingerprint density at radius 1 is 1.08 bits per heavy atom. The largest absolute Gasteiger partial charge is 0.352 e. The van der Waals surface area contributed by atoms with Crippen LogP contribution in [-0.2, 0) is 11.2 Å². The van der Waals surface area contributed by atoms with E-state index in [9.17, 15) is 9.59 Å². The smallest absolute Gasteiger partial charge is 0.251 e. The molecule has 2 amide bonds. The summed E-state index contributed by atoms with van der Waals surface area (Å²) in [4.78, 5) is 23.8. The van der Waals surface area contributed by atoms with E-state index >= 15 is 0 Å². The van der Waals surface area contributed by atoms with E-state index in [2.05, 4.69) is 10.6 Å². The summed E-state index contributed by atoms with van der Waals surface area (Å²) < 4.78 is 0. The number of amides is 2. The summed E-state index contributed by atoms with van der Waals surface area (Å²) >= 11 is 5.94. The third-order valence-electron chi connectivity index (χ3n) is 3.95. The van der Waals surface area contributed by atoms with Gasteiger partial charge in [-0.25, -0.2) is 0 Å². The Kier molecular flexibility index (Phi) is 5.16. The molecule has 1 aliphatic carbocycles. The summed E-state index contributed by atoms with van der Waals surface area (Å²) in [6, 6.07) is 14.6. The predicted octanol–water partition coefficient (Wildman–Crippen LogP) is 3.66. The van der Waals surface area contributed by atoms with Crippen molar-refractivity contribution in [2.24, 2.45) is 5.92 Å². The summed E-state index contributed by atoms with van der Waals surface area (Å²) in [5, 5.41) is 6.44.